The third-order valence-electron chi connectivity index (χ3n) is 2.00. The van der Waals surface area contributed by atoms with Crippen LogP contribution in [0.3, 0.4) is 0 Å². The van der Waals surface area contributed by atoms with Crippen molar-refractivity contribution in [1.82, 2.24) is 9.97 Å². The summed E-state index contributed by atoms with van der Waals surface area (Å²) < 4.78 is 0. The Hall–Kier alpha value is -1.16. The van der Waals surface area contributed by atoms with E-state index in [0.717, 1.165) is 13.0 Å². The third kappa shape index (κ3) is 1.38. The fraction of sp³-hybridized carbons (Fsp3) is 0.500. The van der Waals surface area contributed by atoms with Gasteiger partial charge >= 0.3 is 0 Å². The van der Waals surface area contributed by atoms with Crippen molar-refractivity contribution < 1.29 is 5.11 Å². The third-order valence-corrected chi connectivity index (χ3v) is 2.00. The first-order chi connectivity index (χ1) is 5.86. The van der Waals surface area contributed by atoms with Gasteiger partial charge in [0, 0.05) is 25.5 Å². The summed E-state index contributed by atoms with van der Waals surface area (Å²) in [5, 5.41) is 9.26. The molecule has 1 N–H and O–H groups in total. The number of β-amino-alcohol motifs (C(OH)–C–C–N with tert-alkyl or cyclic N) is 1. The number of aliphatic hydroxyl groups is 1. The molecular weight excluding hydrogens is 154 g/mol. The van der Waals surface area contributed by atoms with Gasteiger partial charge in [0.05, 0.1) is 6.10 Å². The lowest BCUT2D eigenvalue weighted by molar-refractivity contribution is 0.198. The predicted molar refractivity (Wildman–Crippen MR) is 44.9 cm³/mol. The van der Waals surface area contributed by atoms with Crippen LogP contribution in [-0.2, 0) is 0 Å². The second-order valence-electron chi connectivity index (χ2n) is 2.94. The average Bonchev–Trinajstić information content (AvgIpc) is 2.54. The van der Waals surface area contributed by atoms with Gasteiger partial charge in [0.25, 0.3) is 0 Å². The molecule has 1 aromatic heterocycles. The maximum absolute atomic E-state index is 9.26. The molecule has 4 heteroatoms. The normalized spacial score (nSPS) is 23.1. The molecule has 1 saturated heterocycles. The van der Waals surface area contributed by atoms with Crippen molar-refractivity contribution in [2.24, 2.45) is 0 Å². The van der Waals surface area contributed by atoms with Gasteiger partial charge < -0.3 is 10.0 Å². The molecule has 2 rings (SSSR count). The van der Waals surface area contributed by atoms with E-state index in [1.54, 1.807) is 18.5 Å². The first-order valence-electron chi connectivity index (χ1n) is 4.06. The molecule has 0 radical (unpaired) electrons. The molecule has 2 heterocycles. The second-order valence-corrected chi connectivity index (χ2v) is 2.94. The molecule has 12 heavy (non-hydrogen) atoms. The minimum atomic E-state index is -0.214. The Morgan fingerprint density at radius 2 is 2.17 bits per heavy atom. The van der Waals surface area contributed by atoms with E-state index in [9.17, 15) is 5.11 Å². The van der Waals surface area contributed by atoms with Gasteiger partial charge in [0.15, 0.2) is 0 Å². The van der Waals surface area contributed by atoms with E-state index < -0.39 is 0 Å². The molecule has 1 aromatic rings. The fourth-order valence-electron chi connectivity index (χ4n) is 1.38. The summed E-state index contributed by atoms with van der Waals surface area (Å²) in [7, 11) is 0. The fourth-order valence-corrected chi connectivity index (χ4v) is 1.38. The van der Waals surface area contributed by atoms with Crippen molar-refractivity contribution >= 4 is 5.95 Å². The van der Waals surface area contributed by atoms with E-state index in [4.69, 9.17) is 0 Å². The molecule has 64 valence electrons. The topological polar surface area (TPSA) is 49.2 Å². The highest BCUT2D eigenvalue weighted by Gasteiger charge is 2.21. The van der Waals surface area contributed by atoms with Gasteiger partial charge in [0.1, 0.15) is 0 Å². The van der Waals surface area contributed by atoms with Crippen LogP contribution in [0.25, 0.3) is 0 Å². The first kappa shape index (κ1) is 7.49. The lowest BCUT2D eigenvalue weighted by Crippen LogP contribution is -2.22. The van der Waals surface area contributed by atoms with Crippen LogP contribution in [0.5, 0.6) is 0 Å². The summed E-state index contributed by atoms with van der Waals surface area (Å²) in [5.74, 6) is 0.717. The number of aromatic nitrogens is 2. The molecule has 4 nitrogen and oxygen atoms in total. The molecule has 0 spiro atoms. The molecular formula is C8H11N3O. The van der Waals surface area contributed by atoms with Gasteiger partial charge in [-0.25, -0.2) is 9.97 Å². The Morgan fingerprint density at radius 3 is 2.75 bits per heavy atom. The van der Waals surface area contributed by atoms with Gasteiger partial charge in [-0.3, -0.25) is 0 Å². The Balaban J connectivity index is 2.11. The van der Waals surface area contributed by atoms with Crippen molar-refractivity contribution in [3.63, 3.8) is 0 Å². The lowest BCUT2D eigenvalue weighted by Gasteiger charge is -2.13. The monoisotopic (exact) mass is 165 g/mol. The van der Waals surface area contributed by atoms with Crippen LogP contribution in [0, 0.1) is 0 Å². The molecule has 0 unspecified atom stereocenters. The Bertz CT molecular complexity index is 252. The van der Waals surface area contributed by atoms with Crippen LogP contribution in [0.1, 0.15) is 6.42 Å². The van der Waals surface area contributed by atoms with Crippen molar-refractivity contribution in [2.75, 3.05) is 18.0 Å². The molecule has 1 atom stereocenters. The van der Waals surface area contributed by atoms with Crippen molar-refractivity contribution in [3.8, 4) is 0 Å². The van der Waals surface area contributed by atoms with Gasteiger partial charge in [-0.05, 0) is 12.5 Å². The van der Waals surface area contributed by atoms with Crippen LogP contribution >= 0.6 is 0 Å². The van der Waals surface area contributed by atoms with E-state index in [-0.39, 0.29) is 6.10 Å². The van der Waals surface area contributed by atoms with Crippen molar-refractivity contribution in [2.45, 2.75) is 12.5 Å². The van der Waals surface area contributed by atoms with Crippen LogP contribution in [0.15, 0.2) is 18.5 Å². The highest BCUT2D eigenvalue weighted by atomic mass is 16.3. The minimum absolute atomic E-state index is 0.214. The standard InChI is InChI=1S/C8H11N3O/c12-7-2-5-11(6-7)8-9-3-1-4-10-8/h1,3-4,7,12H,2,5-6H2/t7-/m1/s1. The van der Waals surface area contributed by atoms with Crippen LogP contribution in [0.4, 0.5) is 5.95 Å². The zero-order valence-corrected chi connectivity index (χ0v) is 6.72. The molecule has 0 amide bonds. The van der Waals surface area contributed by atoms with Gasteiger partial charge in [-0.1, -0.05) is 0 Å². The molecule has 0 bridgehead atoms. The number of anilines is 1. The maximum atomic E-state index is 9.26. The molecule has 0 aliphatic carbocycles. The van der Waals surface area contributed by atoms with E-state index in [2.05, 4.69) is 9.97 Å². The summed E-state index contributed by atoms with van der Waals surface area (Å²) in [6.07, 6.45) is 4.03. The number of hydrogen-bond donors (Lipinski definition) is 1. The summed E-state index contributed by atoms with van der Waals surface area (Å²) in [5.41, 5.74) is 0. The lowest BCUT2D eigenvalue weighted by atomic mass is 10.3. The summed E-state index contributed by atoms with van der Waals surface area (Å²) >= 11 is 0. The molecule has 1 fully saturated rings. The number of hydrogen-bond acceptors (Lipinski definition) is 4. The molecule has 1 aliphatic rings. The van der Waals surface area contributed by atoms with E-state index in [0.29, 0.717) is 12.5 Å². The summed E-state index contributed by atoms with van der Waals surface area (Å²) in [4.78, 5) is 10.2. The highest BCUT2D eigenvalue weighted by Crippen LogP contribution is 2.14. The zero-order valence-electron chi connectivity index (χ0n) is 6.72. The first-order valence-corrected chi connectivity index (χ1v) is 4.06. The zero-order chi connectivity index (χ0) is 8.39. The summed E-state index contributed by atoms with van der Waals surface area (Å²) in [6.45, 7) is 1.51. The Morgan fingerprint density at radius 1 is 1.42 bits per heavy atom. The number of nitrogens with zero attached hydrogens (tertiary/aromatic N) is 3. The molecule has 0 aromatic carbocycles. The SMILES string of the molecule is O[C@@H]1CCN(c2ncccn2)C1. The quantitative estimate of drug-likeness (QED) is 0.638. The molecule has 1 aliphatic heterocycles. The number of rotatable bonds is 1. The Labute approximate surface area is 70.9 Å². The van der Waals surface area contributed by atoms with Crippen molar-refractivity contribution in [1.29, 1.82) is 0 Å². The van der Waals surface area contributed by atoms with Crippen LogP contribution in [-0.4, -0.2) is 34.3 Å². The predicted octanol–water partition coefficient (Wildman–Crippen LogP) is 0.0476. The smallest absolute Gasteiger partial charge is 0.225 e. The van der Waals surface area contributed by atoms with Gasteiger partial charge in [0.2, 0.25) is 5.95 Å². The van der Waals surface area contributed by atoms with Crippen LogP contribution < -0.4 is 4.90 Å². The van der Waals surface area contributed by atoms with Gasteiger partial charge in [-0.15, -0.1) is 0 Å². The second kappa shape index (κ2) is 3.06. The summed E-state index contributed by atoms with van der Waals surface area (Å²) in [6, 6.07) is 1.79. The van der Waals surface area contributed by atoms with E-state index in [1.807, 2.05) is 4.90 Å². The maximum Gasteiger partial charge on any atom is 0.225 e. The minimum Gasteiger partial charge on any atom is -0.391 e. The van der Waals surface area contributed by atoms with Crippen molar-refractivity contribution in [3.05, 3.63) is 18.5 Å². The van der Waals surface area contributed by atoms with E-state index in [1.165, 1.54) is 0 Å². The van der Waals surface area contributed by atoms with E-state index >= 15 is 0 Å². The molecule has 0 saturated carbocycles. The Kier molecular flexibility index (Phi) is 1.91. The average molecular weight is 165 g/mol. The van der Waals surface area contributed by atoms with Crippen LogP contribution in [0.2, 0.25) is 0 Å². The highest BCUT2D eigenvalue weighted by molar-refractivity contribution is 5.30. The van der Waals surface area contributed by atoms with Gasteiger partial charge in [-0.2, -0.15) is 0 Å². The number of aliphatic hydroxyl groups excluding tert-OH is 1. The largest absolute Gasteiger partial charge is 0.391 e.